The average Bonchev–Trinajstić information content (AvgIpc) is 2.52. The summed E-state index contributed by atoms with van der Waals surface area (Å²) >= 11 is 5.94. The molecule has 2 aromatic rings. The number of halogens is 1. The minimum absolute atomic E-state index is 0.115. The highest BCUT2D eigenvalue weighted by atomic mass is 35.5. The molecule has 1 aromatic carbocycles. The molecule has 1 aromatic heterocycles. The van der Waals surface area contributed by atoms with Crippen LogP contribution in [0.2, 0.25) is 5.02 Å². The van der Waals surface area contributed by atoms with Gasteiger partial charge in [-0.25, -0.2) is 0 Å². The second kappa shape index (κ2) is 6.13. The molecule has 2 N–H and O–H groups in total. The molecule has 0 saturated heterocycles. The summed E-state index contributed by atoms with van der Waals surface area (Å²) in [5.41, 5.74) is 0.212. The van der Waals surface area contributed by atoms with E-state index in [1.54, 1.807) is 18.2 Å². The third kappa shape index (κ3) is 3.19. The minimum atomic E-state index is -0.497. The summed E-state index contributed by atoms with van der Waals surface area (Å²) in [6, 6.07) is 6.12. The van der Waals surface area contributed by atoms with Crippen molar-refractivity contribution in [3.63, 3.8) is 0 Å². The molecule has 2 heterocycles. The van der Waals surface area contributed by atoms with Gasteiger partial charge in [0.05, 0.1) is 5.69 Å². The summed E-state index contributed by atoms with van der Waals surface area (Å²) in [5, 5.41) is 2.90. The van der Waals surface area contributed by atoms with Crippen LogP contribution < -0.4 is 20.4 Å². The Morgan fingerprint density at radius 3 is 2.96 bits per heavy atom. The highest BCUT2D eigenvalue weighted by Crippen LogP contribution is 2.34. The fraction of sp³-hybridized carbons (Fsp3) is 0.133. The van der Waals surface area contributed by atoms with Crippen molar-refractivity contribution in [3.05, 3.63) is 51.9 Å². The average molecular weight is 334 g/mol. The van der Waals surface area contributed by atoms with Crippen LogP contribution in [-0.2, 0) is 9.59 Å². The Morgan fingerprint density at radius 1 is 1.35 bits per heavy atom. The molecule has 118 valence electrons. The number of benzene rings is 1. The van der Waals surface area contributed by atoms with Crippen LogP contribution in [-0.4, -0.2) is 29.9 Å². The molecule has 0 aliphatic carbocycles. The Labute approximate surface area is 135 Å². The lowest BCUT2D eigenvalue weighted by molar-refractivity contribution is -0.123. The number of nitrogens with one attached hydrogen (secondary N) is 2. The number of fused-ring (bicyclic) bond motifs is 1. The molecule has 23 heavy (non-hydrogen) atoms. The highest BCUT2D eigenvalue weighted by molar-refractivity contribution is 6.31. The molecule has 0 bridgehead atoms. The maximum absolute atomic E-state index is 12.1. The molecule has 0 unspecified atom stereocenters. The van der Waals surface area contributed by atoms with E-state index in [0.29, 0.717) is 16.5 Å². The second-order valence-corrected chi connectivity index (χ2v) is 5.29. The van der Waals surface area contributed by atoms with Gasteiger partial charge in [0.2, 0.25) is 11.3 Å². The number of aromatic nitrogens is 1. The summed E-state index contributed by atoms with van der Waals surface area (Å²) in [6.07, 6.45) is 2.84. The number of rotatable bonds is 3. The molecule has 0 spiro atoms. The van der Waals surface area contributed by atoms with E-state index in [9.17, 15) is 14.4 Å². The first-order valence-electron chi connectivity index (χ1n) is 6.74. The van der Waals surface area contributed by atoms with E-state index in [0.717, 1.165) is 0 Å². The number of hydrogen-bond donors (Lipinski definition) is 2. The fourth-order valence-corrected chi connectivity index (χ4v) is 2.36. The van der Waals surface area contributed by atoms with Gasteiger partial charge in [-0.15, -0.1) is 0 Å². The van der Waals surface area contributed by atoms with Crippen molar-refractivity contribution in [1.82, 2.24) is 4.98 Å². The molecule has 0 atom stereocenters. The minimum Gasteiger partial charge on any atom is -0.482 e. The first kappa shape index (κ1) is 15.1. The monoisotopic (exact) mass is 333 g/mol. The van der Waals surface area contributed by atoms with Crippen LogP contribution in [0.1, 0.15) is 0 Å². The predicted molar refractivity (Wildman–Crippen MR) is 85.0 cm³/mol. The molecule has 0 radical (unpaired) electrons. The Bertz CT molecular complexity index is 833. The number of ether oxygens (including phenoxy) is 1. The van der Waals surface area contributed by atoms with Crippen LogP contribution >= 0.6 is 11.6 Å². The van der Waals surface area contributed by atoms with Gasteiger partial charge in [-0.05, 0) is 18.2 Å². The van der Waals surface area contributed by atoms with Crippen LogP contribution in [0.25, 0.3) is 0 Å². The van der Waals surface area contributed by atoms with Crippen molar-refractivity contribution >= 4 is 34.8 Å². The van der Waals surface area contributed by atoms with Gasteiger partial charge in [0, 0.05) is 23.5 Å². The summed E-state index contributed by atoms with van der Waals surface area (Å²) < 4.78 is 5.30. The van der Waals surface area contributed by atoms with Gasteiger partial charge in [-0.3, -0.25) is 19.3 Å². The van der Waals surface area contributed by atoms with Gasteiger partial charge in [-0.1, -0.05) is 11.6 Å². The van der Waals surface area contributed by atoms with E-state index in [1.165, 1.54) is 23.4 Å². The summed E-state index contributed by atoms with van der Waals surface area (Å²) in [4.78, 5) is 39.8. The van der Waals surface area contributed by atoms with E-state index >= 15 is 0 Å². The molecule has 1 aliphatic heterocycles. The van der Waals surface area contributed by atoms with Crippen molar-refractivity contribution in [2.75, 3.05) is 23.4 Å². The third-order valence-corrected chi connectivity index (χ3v) is 3.50. The lowest BCUT2D eigenvalue weighted by Crippen LogP contribution is -2.43. The van der Waals surface area contributed by atoms with Crippen LogP contribution in [0.15, 0.2) is 41.5 Å². The third-order valence-electron chi connectivity index (χ3n) is 3.26. The van der Waals surface area contributed by atoms with Crippen molar-refractivity contribution in [1.29, 1.82) is 0 Å². The zero-order valence-corrected chi connectivity index (χ0v) is 12.6. The largest absolute Gasteiger partial charge is 0.482 e. The summed E-state index contributed by atoms with van der Waals surface area (Å²) in [5.74, 6) is -0.390. The number of H-pyrrole nitrogens is 1. The van der Waals surface area contributed by atoms with Gasteiger partial charge >= 0.3 is 0 Å². The molecule has 0 saturated carbocycles. The molecule has 7 nitrogen and oxygen atoms in total. The number of nitrogens with zero attached hydrogens (tertiary/aromatic N) is 1. The van der Waals surface area contributed by atoms with E-state index in [4.69, 9.17) is 16.3 Å². The number of aromatic amines is 1. The highest BCUT2D eigenvalue weighted by Gasteiger charge is 2.27. The second-order valence-electron chi connectivity index (χ2n) is 4.85. The maximum atomic E-state index is 12.1. The van der Waals surface area contributed by atoms with Gasteiger partial charge in [0.25, 0.3) is 5.91 Å². The van der Waals surface area contributed by atoms with Crippen molar-refractivity contribution < 1.29 is 14.3 Å². The molecular weight excluding hydrogens is 322 g/mol. The Kier molecular flexibility index (Phi) is 4.03. The SMILES string of the molecule is O=C(CN1C(=O)COc2ccc(Cl)cc21)Nc1c[nH]ccc1=O. The van der Waals surface area contributed by atoms with Crippen LogP contribution in [0, 0.1) is 0 Å². The first-order chi connectivity index (χ1) is 11.0. The predicted octanol–water partition coefficient (Wildman–Crippen LogP) is 1.39. The van der Waals surface area contributed by atoms with E-state index in [2.05, 4.69) is 10.3 Å². The van der Waals surface area contributed by atoms with Gasteiger partial charge < -0.3 is 15.0 Å². The van der Waals surface area contributed by atoms with E-state index in [-0.39, 0.29) is 30.2 Å². The number of pyridine rings is 1. The lowest BCUT2D eigenvalue weighted by Gasteiger charge is -2.28. The van der Waals surface area contributed by atoms with Crippen LogP contribution in [0.4, 0.5) is 11.4 Å². The molecule has 3 rings (SSSR count). The Hall–Kier alpha value is -2.80. The van der Waals surface area contributed by atoms with Crippen molar-refractivity contribution in [2.24, 2.45) is 0 Å². The number of hydrogen-bond acceptors (Lipinski definition) is 4. The molecule has 2 amide bonds. The van der Waals surface area contributed by atoms with E-state index in [1.807, 2.05) is 0 Å². The maximum Gasteiger partial charge on any atom is 0.265 e. The topological polar surface area (TPSA) is 91.5 Å². The smallest absolute Gasteiger partial charge is 0.265 e. The van der Waals surface area contributed by atoms with Gasteiger partial charge in [-0.2, -0.15) is 0 Å². The molecular formula is C15H12ClN3O4. The number of amides is 2. The molecule has 8 heteroatoms. The standard InChI is InChI=1S/C15H12ClN3O4/c16-9-1-2-13-11(5-9)19(15(22)8-23-13)7-14(21)18-10-6-17-4-3-12(10)20/h1-6H,7-8H2,(H,17,20)(H,18,21). The molecule has 1 aliphatic rings. The fourth-order valence-electron chi connectivity index (χ4n) is 2.20. The van der Waals surface area contributed by atoms with Gasteiger partial charge in [0.15, 0.2) is 6.61 Å². The number of carbonyl (C=O) groups excluding carboxylic acids is 2. The van der Waals surface area contributed by atoms with Crippen LogP contribution in [0.5, 0.6) is 5.75 Å². The normalized spacial score (nSPS) is 13.3. The van der Waals surface area contributed by atoms with E-state index < -0.39 is 5.91 Å². The quantitative estimate of drug-likeness (QED) is 0.888. The first-order valence-corrected chi connectivity index (χ1v) is 7.12. The lowest BCUT2D eigenvalue weighted by atomic mass is 10.2. The van der Waals surface area contributed by atoms with Crippen LogP contribution in [0.3, 0.4) is 0 Å². The number of anilines is 2. The van der Waals surface area contributed by atoms with Crippen molar-refractivity contribution in [3.8, 4) is 5.75 Å². The molecule has 0 fully saturated rings. The zero-order valence-electron chi connectivity index (χ0n) is 11.8. The van der Waals surface area contributed by atoms with Crippen molar-refractivity contribution in [2.45, 2.75) is 0 Å². The van der Waals surface area contributed by atoms with Gasteiger partial charge in [0.1, 0.15) is 18.0 Å². The zero-order chi connectivity index (χ0) is 16.4. The summed E-state index contributed by atoms with van der Waals surface area (Å²) in [6.45, 7) is -0.405. The Balaban J connectivity index is 1.81. The number of carbonyl (C=O) groups is 2. The summed E-state index contributed by atoms with van der Waals surface area (Å²) in [7, 11) is 0. The Morgan fingerprint density at radius 2 is 2.17 bits per heavy atom.